The monoisotopic (exact) mass is 221 g/mol. The van der Waals surface area contributed by atoms with Crippen LogP contribution in [0.3, 0.4) is 0 Å². The van der Waals surface area contributed by atoms with Crippen LogP contribution in [-0.4, -0.2) is 15.1 Å². The van der Waals surface area contributed by atoms with E-state index in [1.165, 1.54) is 25.7 Å². The molecule has 1 fully saturated rings. The van der Waals surface area contributed by atoms with Gasteiger partial charge in [0.1, 0.15) is 0 Å². The molecule has 3 nitrogen and oxygen atoms in total. The number of rotatable bonds is 4. The Balaban J connectivity index is 2.13. The van der Waals surface area contributed by atoms with Crippen molar-refractivity contribution in [2.45, 2.75) is 65.0 Å². The van der Waals surface area contributed by atoms with Gasteiger partial charge in [-0.3, -0.25) is 0 Å². The molecule has 1 heterocycles. The molecule has 1 aliphatic rings. The molecule has 0 unspecified atom stereocenters. The number of nitrogens with zero attached hydrogens (tertiary/aromatic N) is 2. The molecule has 1 aromatic heterocycles. The molecule has 1 aromatic rings. The van der Waals surface area contributed by atoms with E-state index in [1.54, 1.807) is 0 Å². The van der Waals surface area contributed by atoms with Gasteiger partial charge in [-0.2, -0.15) is 0 Å². The van der Waals surface area contributed by atoms with Crippen LogP contribution < -0.4 is 5.32 Å². The van der Waals surface area contributed by atoms with Crippen molar-refractivity contribution >= 4 is 5.95 Å². The highest BCUT2D eigenvalue weighted by Gasteiger charge is 2.29. The van der Waals surface area contributed by atoms with Crippen molar-refractivity contribution in [1.82, 2.24) is 9.55 Å². The lowest BCUT2D eigenvalue weighted by atomic mass is 10.0. The lowest BCUT2D eigenvalue weighted by molar-refractivity contribution is 0.520. The second-order valence-electron chi connectivity index (χ2n) is 5.29. The van der Waals surface area contributed by atoms with Crippen LogP contribution in [0.4, 0.5) is 5.95 Å². The lowest BCUT2D eigenvalue weighted by Gasteiger charge is -2.26. The van der Waals surface area contributed by atoms with Gasteiger partial charge < -0.3 is 9.88 Å². The highest BCUT2D eigenvalue weighted by Crippen LogP contribution is 2.32. The van der Waals surface area contributed by atoms with Crippen molar-refractivity contribution in [3.8, 4) is 0 Å². The summed E-state index contributed by atoms with van der Waals surface area (Å²) in [5.41, 5.74) is 1.38. The fourth-order valence-corrected chi connectivity index (χ4v) is 2.61. The summed E-state index contributed by atoms with van der Waals surface area (Å²) in [5, 5.41) is 3.64. The Labute approximate surface area is 98.3 Å². The van der Waals surface area contributed by atoms with Crippen LogP contribution in [0.15, 0.2) is 6.20 Å². The number of hydrogen-bond donors (Lipinski definition) is 1. The molecule has 90 valence electrons. The summed E-state index contributed by atoms with van der Waals surface area (Å²) in [6.45, 7) is 7.64. The van der Waals surface area contributed by atoms with E-state index in [-0.39, 0.29) is 5.54 Å². The average Bonchev–Trinajstić information content (AvgIpc) is 2.76. The van der Waals surface area contributed by atoms with Crippen LogP contribution in [0.5, 0.6) is 0 Å². The van der Waals surface area contributed by atoms with E-state index in [1.807, 2.05) is 0 Å². The molecular weight excluding hydrogens is 198 g/mol. The first kappa shape index (κ1) is 11.5. The van der Waals surface area contributed by atoms with E-state index >= 15 is 0 Å². The van der Waals surface area contributed by atoms with E-state index in [2.05, 4.69) is 41.8 Å². The first-order chi connectivity index (χ1) is 7.63. The molecule has 16 heavy (non-hydrogen) atoms. The third kappa shape index (κ3) is 2.39. The van der Waals surface area contributed by atoms with E-state index in [9.17, 15) is 0 Å². The molecule has 0 saturated heterocycles. The molecule has 0 spiro atoms. The Bertz CT molecular complexity index is 348. The minimum absolute atomic E-state index is 0.267. The predicted octanol–water partition coefficient (Wildman–Crippen LogP) is 3.35. The third-order valence-corrected chi connectivity index (χ3v) is 3.48. The zero-order valence-corrected chi connectivity index (χ0v) is 10.7. The summed E-state index contributed by atoms with van der Waals surface area (Å²) >= 11 is 0. The summed E-state index contributed by atoms with van der Waals surface area (Å²) in [6.07, 6.45) is 8.52. The SMILES string of the molecule is CCCn1cc(C)nc1NC1(C)CCCC1. The van der Waals surface area contributed by atoms with Gasteiger partial charge in [0, 0.05) is 18.3 Å². The van der Waals surface area contributed by atoms with Gasteiger partial charge in [0.05, 0.1) is 5.69 Å². The number of aromatic nitrogens is 2. The molecule has 3 heteroatoms. The summed E-state index contributed by atoms with van der Waals surface area (Å²) in [4.78, 5) is 4.59. The molecule has 0 aliphatic heterocycles. The number of imidazole rings is 1. The smallest absolute Gasteiger partial charge is 0.203 e. The van der Waals surface area contributed by atoms with Crippen LogP contribution in [0.2, 0.25) is 0 Å². The summed E-state index contributed by atoms with van der Waals surface area (Å²) in [6, 6.07) is 0. The van der Waals surface area contributed by atoms with E-state index in [0.717, 1.165) is 24.6 Å². The molecular formula is C13H23N3. The molecule has 2 rings (SSSR count). The number of hydrogen-bond acceptors (Lipinski definition) is 2. The van der Waals surface area contributed by atoms with Gasteiger partial charge in [-0.15, -0.1) is 0 Å². The molecule has 0 radical (unpaired) electrons. The lowest BCUT2D eigenvalue weighted by Crippen LogP contribution is -2.32. The average molecular weight is 221 g/mol. The van der Waals surface area contributed by atoms with Crippen molar-refractivity contribution in [3.63, 3.8) is 0 Å². The maximum Gasteiger partial charge on any atom is 0.203 e. The minimum atomic E-state index is 0.267. The molecule has 1 aliphatic carbocycles. The van der Waals surface area contributed by atoms with Crippen molar-refractivity contribution in [2.24, 2.45) is 0 Å². The quantitative estimate of drug-likeness (QED) is 0.845. The van der Waals surface area contributed by atoms with Gasteiger partial charge in [-0.05, 0) is 33.1 Å². The Morgan fingerprint density at radius 3 is 2.75 bits per heavy atom. The van der Waals surface area contributed by atoms with Crippen molar-refractivity contribution in [2.75, 3.05) is 5.32 Å². The van der Waals surface area contributed by atoms with E-state index < -0.39 is 0 Å². The highest BCUT2D eigenvalue weighted by atomic mass is 15.2. The summed E-state index contributed by atoms with van der Waals surface area (Å²) < 4.78 is 2.25. The number of aryl methyl sites for hydroxylation is 2. The Hall–Kier alpha value is -0.990. The van der Waals surface area contributed by atoms with Gasteiger partial charge in [-0.25, -0.2) is 4.98 Å². The first-order valence-electron chi connectivity index (χ1n) is 6.45. The number of anilines is 1. The largest absolute Gasteiger partial charge is 0.350 e. The van der Waals surface area contributed by atoms with E-state index in [0.29, 0.717) is 0 Å². The van der Waals surface area contributed by atoms with Gasteiger partial charge in [0.15, 0.2) is 0 Å². The molecule has 0 aromatic carbocycles. The van der Waals surface area contributed by atoms with E-state index in [4.69, 9.17) is 0 Å². The van der Waals surface area contributed by atoms with Crippen LogP contribution >= 0.6 is 0 Å². The second-order valence-corrected chi connectivity index (χ2v) is 5.29. The zero-order valence-electron chi connectivity index (χ0n) is 10.7. The molecule has 1 saturated carbocycles. The Kier molecular flexibility index (Phi) is 3.22. The highest BCUT2D eigenvalue weighted by molar-refractivity contribution is 5.33. The number of nitrogens with one attached hydrogen (secondary N) is 1. The predicted molar refractivity (Wildman–Crippen MR) is 67.8 cm³/mol. The van der Waals surface area contributed by atoms with Gasteiger partial charge in [-0.1, -0.05) is 19.8 Å². The van der Waals surface area contributed by atoms with Crippen molar-refractivity contribution in [1.29, 1.82) is 0 Å². The van der Waals surface area contributed by atoms with Gasteiger partial charge in [0.2, 0.25) is 5.95 Å². The fraction of sp³-hybridized carbons (Fsp3) is 0.769. The van der Waals surface area contributed by atoms with Crippen LogP contribution in [0.1, 0.15) is 51.6 Å². The second kappa shape index (κ2) is 4.48. The zero-order chi connectivity index (χ0) is 11.6. The topological polar surface area (TPSA) is 29.9 Å². The van der Waals surface area contributed by atoms with Gasteiger partial charge >= 0.3 is 0 Å². The fourth-order valence-electron chi connectivity index (χ4n) is 2.61. The normalized spacial score (nSPS) is 18.9. The third-order valence-electron chi connectivity index (χ3n) is 3.48. The Morgan fingerprint density at radius 2 is 2.12 bits per heavy atom. The maximum atomic E-state index is 4.59. The van der Waals surface area contributed by atoms with Crippen LogP contribution in [0.25, 0.3) is 0 Å². The van der Waals surface area contributed by atoms with Crippen LogP contribution in [-0.2, 0) is 6.54 Å². The van der Waals surface area contributed by atoms with Crippen molar-refractivity contribution < 1.29 is 0 Å². The molecule has 1 N–H and O–H groups in total. The van der Waals surface area contributed by atoms with Crippen molar-refractivity contribution in [3.05, 3.63) is 11.9 Å². The first-order valence-corrected chi connectivity index (χ1v) is 6.45. The minimum Gasteiger partial charge on any atom is -0.350 e. The summed E-state index contributed by atoms with van der Waals surface area (Å²) in [5.74, 6) is 1.06. The molecule has 0 atom stereocenters. The molecule has 0 bridgehead atoms. The van der Waals surface area contributed by atoms with Gasteiger partial charge in [0.25, 0.3) is 0 Å². The van der Waals surface area contributed by atoms with Crippen LogP contribution in [0, 0.1) is 6.92 Å². The maximum absolute atomic E-state index is 4.59. The standard InChI is InChI=1S/C13H23N3/c1-4-9-16-10-11(2)14-12(16)15-13(3)7-5-6-8-13/h10H,4-9H2,1-3H3,(H,14,15). The Morgan fingerprint density at radius 1 is 1.44 bits per heavy atom. The molecule has 0 amide bonds. The summed E-state index contributed by atoms with van der Waals surface area (Å²) in [7, 11) is 0.